The maximum atomic E-state index is 12.5. The van der Waals surface area contributed by atoms with E-state index in [1.54, 1.807) is 26.6 Å². The van der Waals surface area contributed by atoms with Crippen molar-refractivity contribution < 1.29 is 14.3 Å². The molecule has 2 heterocycles. The molecule has 1 N–H and O–H groups in total. The van der Waals surface area contributed by atoms with Gasteiger partial charge < -0.3 is 14.8 Å². The van der Waals surface area contributed by atoms with Gasteiger partial charge in [0.05, 0.1) is 31.9 Å². The number of ether oxygens (including phenoxy) is 2. The number of nitrogens with one attached hydrogen (secondary N) is 1. The van der Waals surface area contributed by atoms with Gasteiger partial charge in [0.1, 0.15) is 0 Å². The highest BCUT2D eigenvalue weighted by Crippen LogP contribution is 2.32. The number of rotatable bonds is 6. The summed E-state index contributed by atoms with van der Waals surface area (Å²) >= 11 is 0. The van der Waals surface area contributed by atoms with Gasteiger partial charge in [-0.15, -0.1) is 0 Å². The average Bonchev–Trinajstić information content (AvgIpc) is 2.97. The lowest BCUT2D eigenvalue weighted by Gasteiger charge is -2.10. The molecule has 0 aliphatic heterocycles. The van der Waals surface area contributed by atoms with Crippen molar-refractivity contribution in [1.82, 2.24) is 15.3 Å². The van der Waals surface area contributed by atoms with Crippen molar-refractivity contribution in [3.8, 4) is 22.8 Å². The van der Waals surface area contributed by atoms with Crippen LogP contribution in [0.3, 0.4) is 0 Å². The van der Waals surface area contributed by atoms with E-state index in [4.69, 9.17) is 9.47 Å². The van der Waals surface area contributed by atoms with Gasteiger partial charge in [0, 0.05) is 35.1 Å². The zero-order chi connectivity index (χ0) is 23.0. The molecule has 6 nitrogen and oxygen atoms in total. The molecule has 1 aromatic carbocycles. The second kappa shape index (κ2) is 10.4. The van der Waals surface area contributed by atoms with Crippen LogP contribution in [-0.2, 0) is 11.2 Å². The fraction of sp³-hybridized carbons (Fsp3) is 0.148. The first kappa shape index (κ1) is 22.0. The first-order chi connectivity index (χ1) is 16.2. The predicted octanol–water partition coefficient (Wildman–Crippen LogP) is 4.93. The van der Waals surface area contributed by atoms with Crippen molar-refractivity contribution in [2.75, 3.05) is 14.2 Å². The molecule has 0 bridgehead atoms. The minimum Gasteiger partial charge on any atom is -0.493 e. The molecule has 1 aliphatic carbocycles. The van der Waals surface area contributed by atoms with Gasteiger partial charge in [-0.25, -0.2) is 0 Å². The Kier molecular flexibility index (Phi) is 6.95. The summed E-state index contributed by atoms with van der Waals surface area (Å²) in [6.45, 7) is 0. The number of carbonyl (C=O) groups excluding carboxylic acids is 1. The van der Waals surface area contributed by atoms with Crippen molar-refractivity contribution in [3.05, 3.63) is 96.5 Å². The highest BCUT2D eigenvalue weighted by atomic mass is 16.5. The Morgan fingerprint density at radius 1 is 0.970 bits per heavy atom. The Morgan fingerprint density at radius 3 is 2.58 bits per heavy atom. The molecular formula is C27H25N3O3. The van der Waals surface area contributed by atoms with E-state index < -0.39 is 0 Å². The van der Waals surface area contributed by atoms with Crippen LogP contribution in [0.25, 0.3) is 22.2 Å². The Morgan fingerprint density at radius 2 is 1.79 bits per heavy atom. The summed E-state index contributed by atoms with van der Waals surface area (Å²) in [7, 11) is 3.21. The van der Waals surface area contributed by atoms with E-state index in [0.29, 0.717) is 11.5 Å². The SMILES string of the molecule is COc1cc2cc(-c3ccc(CC(=O)NC4=C\C\C=C/C=C\C=C/4)cn3)cnc2cc1OC. The number of carbonyl (C=O) groups is 1. The first-order valence-electron chi connectivity index (χ1n) is 10.6. The number of methoxy groups -OCH3 is 2. The summed E-state index contributed by atoms with van der Waals surface area (Å²) in [4.78, 5) is 21.6. The number of allylic oxidation sites excluding steroid dienone is 7. The van der Waals surface area contributed by atoms with E-state index in [1.165, 1.54) is 0 Å². The summed E-state index contributed by atoms with van der Waals surface area (Å²) in [5, 5.41) is 3.88. The van der Waals surface area contributed by atoms with Gasteiger partial charge in [-0.05, 0) is 36.3 Å². The van der Waals surface area contributed by atoms with Gasteiger partial charge in [0.2, 0.25) is 5.91 Å². The topological polar surface area (TPSA) is 73.3 Å². The van der Waals surface area contributed by atoms with E-state index in [-0.39, 0.29) is 12.3 Å². The van der Waals surface area contributed by atoms with Crippen LogP contribution < -0.4 is 14.8 Å². The number of aromatic nitrogens is 2. The number of hydrogen-bond donors (Lipinski definition) is 1. The summed E-state index contributed by atoms with van der Waals surface area (Å²) < 4.78 is 10.7. The van der Waals surface area contributed by atoms with Crippen LogP contribution in [0, 0.1) is 0 Å². The number of pyridine rings is 2. The molecule has 6 heteroatoms. The minimum absolute atomic E-state index is 0.0823. The van der Waals surface area contributed by atoms with Gasteiger partial charge in [-0.1, -0.05) is 42.5 Å². The molecule has 0 saturated heterocycles. The van der Waals surface area contributed by atoms with E-state index in [0.717, 1.165) is 39.8 Å². The second-order valence-corrected chi connectivity index (χ2v) is 7.47. The van der Waals surface area contributed by atoms with Crippen molar-refractivity contribution in [2.45, 2.75) is 12.8 Å². The lowest BCUT2D eigenvalue weighted by atomic mass is 10.1. The van der Waals surface area contributed by atoms with Gasteiger partial charge in [-0.3, -0.25) is 14.8 Å². The number of hydrogen-bond acceptors (Lipinski definition) is 5. The Labute approximate surface area is 193 Å². The Hall–Kier alpha value is -4.19. The van der Waals surface area contributed by atoms with Gasteiger partial charge >= 0.3 is 0 Å². The number of nitrogens with zero attached hydrogens (tertiary/aromatic N) is 2. The molecule has 0 radical (unpaired) electrons. The third-order valence-corrected chi connectivity index (χ3v) is 5.17. The fourth-order valence-electron chi connectivity index (χ4n) is 3.49. The largest absolute Gasteiger partial charge is 0.493 e. The first-order valence-corrected chi connectivity index (χ1v) is 10.6. The average molecular weight is 440 g/mol. The minimum atomic E-state index is -0.0823. The van der Waals surface area contributed by atoms with Crippen LogP contribution in [-0.4, -0.2) is 30.1 Å². The molecule has 33 heavy (non-hydrogen) atoms. The molecule has 3 aromatic rings. The van der Waals surface area contributed by atoms with Crippen LogP contribution in [0.1, 0.15) is 12.0 Å². The number of amides is 1. The van der Waals surface area contributed by atoms with Crippen molar-refractivity contribution in [1.29, 1.82) is 0 Å². The van der Waals surface area contributed by atoms with Gasteiger partial charge in [0.25, 0.3) is 0 Å². The maximum absolute atomic E-state index is 12.5. The van der Waals surface area contributed by atoms with E-state index in [9.17, 15) is 4.79 Å². The van der Waals surface area contributed by atoms with Crippen LogP contribution in [0.5, 0.6) is 11.5 Å². The van der Waals surface area contributed by atoms with Crippen LogP contribution >= 0.6 is 0 Å². The highest BCUT2D eigenvalue weighted by molar-refractivity contribution is 5.86. The van der Waals surface area contributed by atoms with E-state index in [1.807, 2.05) is 72.9 Å². The molecule has 1 amide bonds. The molecule has 0 spiro atoms. The normalized spacial score (nSPS) is 17.6. The van der Waals surface area contributed by atoms with Crippen LogP contribution in [0.15, 0.2) is 91.0 Å². The Balaban J connectivity index is 1.47. The van der Waals surface area contributed by atoms with E-state index >= 15 is 0 Å². The number of benzene rings is 1. The summed E-state index contributed by atoms with van der Waals surface area (Å²) in [5.41, 5.74) is 4.10. The predicted molar refractivity (Wildman–Crippen MR) is 130 cm³/mol. The molecule has 0 saturated carbocycles. The molecule has 2 aromatic heterocycles. The van der Waals surface area contributed by atoms with Crippen molar-refractivity contribution in [2.24, 2.45) is 0 Å². The van der Waals surface area contributed by atoms with Gasteiger partial charge in [0.15, 0.2) is 11.5 Å². The van der Waals surface area contributed by atoms with Crippen molar-refractivity contribution >= 4 is 16.8 Å². The molecule has 1 aliphatic rings. The van der Waals surface area contributed by atoms with Crippen molar-refractivity contribution in [3.63, 3.8) is 0 Å². The molecule has 0 unspecified atom stereocenters. The number of fused-ring (bicyclic) bond motifs is 1. The van der Waals surface area contributed by atoms with Crippen LogP contribution in [0.4, 0.5) is 0 Å². The molecule has 4 rings (SSSR count). The molecule has 0 fully saturated rings. The smallest absolute Gasteiger partial charge is 0.228 e. The summed E-state index contributed by atoms with van der Waals surface area (Å²) in [5.74, 6) is 1.21. The zero-order valence-electron chi connectivity index (χ0n) is 18.6. The molecule has 166 valence electrons. The van der Waals surface area contributed by atoms with Gasteiger partial charge in [-0.2, -0.15) is 0 Å². The standard InChI is InChI=1S/C27H25N3O3/c1-32-25-15-20-14-21(18-29-24(20)16-26(25)33-2)23-12-11-19(17-28-23)13-27(31)30-22-9-7-5-3-4-6-8-10-22/h3-7,9-12,14-18H,8,13H2,1-2H3,(H,30,31)/b5-3-,6-4-,9-7-,22-10+. The molecule has 0 atom stereocenters. The lowest BCUT2D eigenvalue weighted by molar-refractivity contribution is -0.119. The van der Waals surface area contributed by atoms with E-state index in [2.05, 4.69) is 15.3 Å². The zero-order valence-corrected chi connectivity index (χ0v) is 18.6. The third kappa shape index (κ3) is 5.54. The fourth-order valence-corrected chi connectivity index (χ4v) is 3.49. The lowest BCUT2D eigenvalue weighted by Crippen LogP contribution is -2.23. The monoisotopic (exact) mass is 439 g/mol. The third-order valence-electron chi connectivity index (χ3n) is 5.17. The maximum Gasteiger partial charge on any atom is 0.228 e. The summed E-state index contributed by atoms with van der Waals surface area (Å²) in [6.07, 6.45) is 18.2. The quantitative estimate of drug-likeness (QED) is 0.590. The second-order valence-electron chi connectivity index (χ2n) is 7.47. The summed E-state index contributed by atoms with van der Waals surface area (Å²) in [6, 6.07) is 9.58. The molecular weight excluding hydrogens is 414 g/mol. The highest BCUT2D eigenvalue weighted by Gasteiger charge is 2.10. The Bertz CT molecular complexity index is 1270. The van der Waals surface area contributed by atoms with Crippen LogP contribution in [0.2, 0.25) is 0 Å².